The molecule has 3 fully saturated rings. The van der Waals surface area contributed by atoms with Crippen LogP contribution in [0.5, 0.6) is 0 Å². The molecule has 0 N–H and O–H groups in total. The van der Waals surface area contributed by atoms with Crippen molar-refractivity contribution in [2.75, 3.05) is 32.8 Å². The minimum absolute atomic E-state index is 0.00396. The zero-order valence-electron chi connectivity index (χ0n) is 12.8. The average Bonchev–Trinajstić information content (AvgIpc) is 3.22. The molecule has 0 radical (unpaired) electrons. The number of hydrogen-bond donors (Lipinski definition) is 0. The molecule has 4 heteroatoms. The van der Waals surface area contributed by atoms with Crippen LogP contribution in [0.1, 0.15) is 51.9 Å². The number of esters is 1. The average molecular weight is 280 g/mol. The van der Waals surface area contributed by atoms with Crippen molar-refractivity contribution in [2.24, 2.45) is 0 Å². The van der Waals surface area contributed by atoms with Gasteiger partial charge in [0.1, 0.15) is 0 Å². The summed E-state index contributed by atoms with van der Waals surface area (Å²) in [4.78, 5) is 17.3. The number of carbonyl (C=O) groups is 1. The van der Waals surface area contributed by atoms with Crippen LogP contribution in [0.3, 0.4) is 0 Å². The van der Waals surface area contributed by atoms with Gasteiger partial charge < -0.3 is 4.74 Å². The van der Waals surface area contributed by atoms with Gasteiger partial charge in [0.05, 0.1) is 13.0 Å². The fraction of sp³-hybridized carbons (Fsp3) is 0.938. The third kappa shape index (κ3) is 3.01. The Kier molecular flexibility index (Phi) is 4.32. The number of ether oxygens (including phenoxy) is 1. The molecule has 0 aromatic heterocycles. The summed E-state index contributed by atoms with van der Waals surface area (Å²) >= 11 is 0. The Labute approximate surface area is 122 Å². The van der Waals surface area contributed by atoms with Gasteiger partial charge in [-0.25, -0.2) is 0 Å². The zero-order chi connectivity index (χ0) is 14.0. The number of rotatable bonds is 5. The third-order valence-corrected chi connectivity index (χ3v) is 5.23. The van der Waals surface area contributed by atoms with E-state index in [0.29, 0.717) is 13.0 Å². The molecule has 1 saturated carbocycles. The maximum Gasteiger partial charge on any atom is 0.307 e. The van der Waals surface area contributed by atoms with Gasteiger partial charge in [-0.2, -0.15) is 0 Å². The fourth-order valence-electron chi connectivity index (χ4n) is 4.00. The van der Waals surface area contributed by atoms with E-state index in [4.69, 9.17) is 4.74 Å². The summed E-state index contributed by atoms with van der Waals surface area (Å²) in [7, 11) is 0. The SMILES string of the molecule is CCOC(=O)CC1(N2CCCCC2)CCN(C2CC2)C1. The van der Waals surface area contributed by atoms with E-state index in [9.17, 15) is 4.79 Å². The minimum atomic E-state index is -0.00396. The van der Waals surface area contributed by atoms with Crippen LogP contribution in [0.15, 0.2) is 0 Å². The van der Waals surface area contributed by atoms with Crippen molar-refractivity contribution in [1.29, 1.82) is 0 Å². The van der Waals surface area contributed by atoms with Gasteiger partial charge in [0, 0.05) is 24.7 Å². The standard InChI is InChI=1S/C16H28N2O2/c1-2-20-15(19)12-16(18-9-4-3-5-10-18)8-11-17(13-16)14-6-7-14/h14H,2-13H2,1H3. The maximum atomic E-state index is 12.1. The van der Waals surface area contributed by atoms with E-state index in [1.807, 2.05) is 6.92 Å². The van der Waals surface area contributed by atoms with Crippen molar-refractivity contribution in [3.05, 3.63) is 0 Å². The normalized spacial score (nSPS) is 32.5. The molecule has 114 valence electrons. The van der Waals surface area contributed by atoms with Gasteiger partial charge in [-0.15, -0.1) is 0 Å². The summed E-state index contributed by atoms with van der Waals surface area (Å²) in [6, 6.07) is 0.809. The molecule has 0 aromatic rings. The van der Waals surface area contributed by atoms with Gasteiger partial charge in [0.2, 0.25) is 0 Å². The highest BCUT2D eigenvalue weighted by Crippen LogP contribution is 2.39. The zero-order valence-corrected chi connectivity index (χ0v) is 12.8. The summed E-state index contributed by atoms with van der Waals surface area (Å²) in [6.07, 6.45) is 8.36. The summed E-state index contributed by atoms with van der Waals surface area (Å²) < 4.78 is 5.25. The summed E-state index contributed by atoms with van der Waals surface area (Å²) in [5, 5.41) is 0. The maximum absolute atomic E-state index is 12.1. The highest BCUT2D eigenvalue weighted by Gasteiger charge is 2.48. The van der Waals surface area contributed by atoms with Gasteiger partial charge >= 0.3 is 5.97 Å². The molecule has 4 nitrogen and oxygen atoms in total. The minimum Gasteiger partial charge on any atom is -0.466 e. The first-order valence-corrected chi connectivity index (χ1v) is 8.38. The van der Waals surface area contributed by atoms with Crippen LogP contribution >= 0.6 is 0 Å². The second-order valence-electron chi connectivity index (χ2n) is 6.71. The molecule has 20 heavy (non-hydrogen) atoms. The molecule has 0 spiro atoms. The van der Waals surface area contributed by atoms with Crippen LogP contribution in [0, 0.1) is 0 Å². The lowest BCUT2D eigenvalue weighted by Crippen LogP contribution is -2.54. The van der Waals surface area contributed by atoms with Crippen molar-refractivity contribution in [2.45, 2.75) is 63.5 Å². The number of likely N-dealkylation sites (tertiary alicyclic amines) is 2. The Morgan fingerprint density at radius 1 is 1.20 bits per heavy atom. The third-order valence-electron chi connectivity index (χ3n) is 5.23. The first-order chi connectivity index (χ1) is 9.73. The van der Waals surface area contributed by atoms with Crippen LogP contribution in [0.4, 0.5) is 0 Å². The molecule has 3 rings (SSSR count). The van der Waals surface area contributed by atoms with Crippen molar-refractivity contribution in [3.8, 4) is 0 Å². The number of piperidine rings is 1. The van der Waals surface area contributed by atoms with E-state index in [2.05, 4.69) is 9.80 Å². The van der Waals surface area contributed by atoms with E-state index < -0.39 is 0 Å². The predicted octanol–water partition coefficient (Wildman–Crippen LogP) is 2.03. The molecule has 2 aliphatic heterocycles. The lowest BCUT2D eigenvalue weighted by atomic mass is 9.89. The monoisotopic (exact) mass is 280 g/mol. The van der Waals surface area contributed by atoms with E-state index in [1.54, 1.807) is 0 Å². The molecular weight excluding hydrogens is 252 g/mol. The quantitative estimate of drug-likeness (QED) is 0.722. The van der Waals surface area contributed by atoms with E-state index in [1.165, 1.54) is 38.6 Å². The second-order valence-corrected chi connectivity index (χ2v) is 6.71. The van der Waals surface area contributed by atoms with Crippen molar-refractivity contribution >= 4 is 5.97 Å². The predicted molar refractivity (Wildman–Crippen MR) is 78.6 cm³/mol. The Hall–Kier alpha value is -0.610. The van der Waals surface area contributed by atoms with E-state index in [0.717, 1.165) is 32.1 Å². The smallest absolute Gasteiger partial charge is 0.307 e. The first kappa shape index (κ1) is 14.3. The summed E-state index contributed by atoms with van der Waals surface area (Å²) in [5.41, 5.74) is 0.0647. The molecule has 0 aromatic carbocycles. The first-order valence-electron chi connectivity index (χ1n) is 8.38. The number of carbonyl (C=O) groups excluding carboxylic acids is 1. The highest BCUT2D eigenvalue weighted by molar-refractivity contribution is 5.71. The molecule has 3 aliphatic rings. The van der Waals surface area contributed by atoms with Gasteiger partial charge in [0.15, 0.2) is 0 Å². The summed E-state index contributed by atoms with van der Waals surface area (Å²) in [5.74, 6) is -0.00396. The highest BCUT2D eigenvalue weighted by atomic mass is 16.5. The molecule has 2 heterocycles. The van der Waals surface area contributed by atoms with Crippen molar-refractivity contribution in [1.82, 2.24) is 9.80 Å². The Bertz CT molecular complexity index is 350. The fourth-order valence-corrected chi connectivity index (χ4v) is 4.00. The van der Waals surface area contributed by atoms with Gasteiger partial charge in [-0.05, 0) is 52.1 Å². The Morgan fingerprint density at radius 2 is 1.95 bits per heavy atom. The van der Waals surface area contributed by atoms with Crippen LogP contribution < -0.4 is 0 Å². The number of hydrogen-bond acceptors (Lipinski definition) is 4. The molecule has 1 unspecified atom stereocenters. The van der Waals surface area contributed by atoms with E-state index >= 15 is 0 Å². The summed E-state index contributed by atoms with van der Waals surface area (Å²) in [6.45, 7) is 6.98. The molecule has 1 atom stereocenters. The van der Waals surface area contributed by atoms with Crippen molar-refractivity contribution < 1.29 is 9.53 Å². The van der Waals surface area contributed by atoms with Crippen LogP contribution in [0.25, 0.3) is 0 Å². The Balaban J connectivity index is 1.70. The lowest BCUT2D eigenvalue weighted by Gasteiger charge is -2.43. The lowest BCUT2D eigenvalue weighted by molar-refractivity contribution is -0.146. The van der Waals surface area contributed by atoms with E-state index in [-0.39, 0.29) is 11.5 Å². The van der Waals surface area contributed by atoms with Crippen LogP contribution in [0.2, 0.25) is 0 Å². The Morgan fingerprint density at radius 3 is 2.60 bits per heavy atom. The number of nitrogens with zero attached hydrogens (tertiary/aromatic N) is 2. The van der Waals surface area contributed by atoms with Crippen LogP contribution in [-0.4, -0.2) is 60.1 Å². The molecular formula is C16H28N2O2. The molecule has 0 bridgehead atoms. The van der Waals surface area contributed by atoms with Crippen molar-refractivity contribution in [3.63, 3.8) is 0 Å². The van der Waals surface area contributed by atoms with Gasteiger partial charge in [-0.1, -0.05) is 6.42 Å². The van der Waals surface area contributed by atoms with Gasteiger partial charge in [0.25, 0.3) is 0 Å². The van der Waals surface area contributed by atoms with Gasteiger partial charge in [-0.3, -0.25) is 14.6 Å². The molecule has 1 aliphatic carbocycles. The largest absolute Gasteiger partial charge is 0.466 e. The molecule has 2 saturated heterocycles. The topological polar surface area (TPSA) is 32.8 Å². The van der Waals surface area contributed by atoms with Crippen LogP contribution in [-0.2, 0) is 9.53 Å². The molecule has 0 amide bonds. The second kappa shape index (κ2) is 6.02.